The molecule has 126 valence electrons. The molecule has 0 aromatic heterocycles. The first kappa shape index (κ1) is 16.5. The molecule has 0 radical (unpaired) electrons. The molecule has 4 nitrogen and oxygen atoms in total. The molecule has 0 saturated heterocycles. The maximum absolute atomic E-state index is 12.1. The summed E-state index contributed by atoms with van der Waals surface area (Å²) >= 11 is 0. The van der Waals surface area contributed by atoms with Gasteiger partial charge in [0.05, 0.1) is 12.6 Å². The Morgan fingerprint density at radius 1 is 1.08 bits per heavy atom. The number of nitrogens with one attached hydrogen (secondary N) is 1. The van der Waals surface area contributed by atoms with E-state index in [0.29, 0.717) is 0 Å². The molecule has 1 aliphatic rings. The number of benzene rings is 2. The minimum absolute atomic E-state index is 0.0507. The molecule has 0 fully saturated rings. The highest BCUT2D eigenvalue weighted by Gasteiger charge is 2.29. The molecule has 2 N–H and O–H groups in total. The van der Waals surface area contributed by atoms with Crippen molar-refractivity contribution < 1.29 is 14.6 Å². The molecule has 0 spiro atoms. The van der Waals surface area contributed by atoms with Gasteiger partial charge < -0.3 is 15.2 Å². The molecule has 0 unspecified atom stereocenters. The van der Waals surface area contributed by atoms with Crippen LogP contribution in [0.1, 0.15) is 30.9 Å². The van der Waals surface area contributed by atoms with Gasteiger partial charge >= 0.3 is 6.09 Å². The second-order valence-electron chi connectivity index (χ2n) is 6.50. The average molecular weight is 325 g/mol. The quantitative estimate of drug-likeness (QED) is 0.884. The van der Waals surface area contributed by atoms with E-state index in [1.165, 1.54) is 22.3 Å². The Labute approximate surface area is 142 Å². The Morgan fingerprint density at radius 3 is 2.12 bits per heavy atom. The summed E-state index contributed by atoms with van der Waals surface area (Å²) in [6, 6.07) is 16.2. The molecular formula is C20H23NO3. The van der Waals surface area contributed by atoms with E-state index in [2.05, 4.69) is 29.6 Å². The van der Waals surface area contributed by atoms with Crippen molar-refractivity contribution in [2.24, 2.45) is 5.92 Å². The van der Waals surface area contributed by atoms with Crippen molar-refractivity contribution >= 4 is 6.09 Å². The number of hydrogen-bond acceptors (Lipinski definition) is 3. The highest BCUT2D eigenvalue weighted by Crippen LogP contribution is 2.44. The van der Waals surface area contributed by atoms with Crippen molar-refractivity contribution in [3.8, 4) is 11.1 Å². The van der Waals surface area contributed by atoms with Crippen LogP contribution in [0.3, 0.4) is 0 Å². The third-order valence-corrected chi connectivity index (χ3v) is 4.65. The van der Waals surface area contributed by atoms with Crippen LogP contribution < -0.4 is 5.32 Å². The second-order valence-corrected chi connectivity index (χ2v) is 6.50. The fourth-order valence-corrected chi connectivity index (χ4v) is 3.21. The summed E-state index contributed by atoms with van der Waals surface area (Å²) in [5.41, 5.74) is 4.79. The Kier molecular flexibility index (Phi) is 4.86. The highest BCUT2D eigenvalue weighted by molar-refractivity contribution is 5.79. The number of aliphatic hydroxyl groups excluding tert-OH is 1. The van der Waals surface area contributed by atoms with Gasteiger partial charge in [-0.05, 0) is 28.2 Å². The number of carbonyl (C=O) groups is 1. The number of rotatable bonds is 5. The summed E-state index contributed by atoms with van der Waals surface area (Å²) in [6.07, 6.45) is -0.482. The van der Waals surface area contributed by atoms with Crippen LogP contribution in [-0.4, -0.2) is 30.5 Å². The average Bonchev–Trinajstić information content (AvgIpc) is 2.91. The van der Waals surface area contributed by atoms with Gasteiger partial charge in [-0.2, -0.15) is 0 Å². The van der Waals surface area contributed by atoms with Gasteiger partial charge in [0.15, 0.2) is 0 Å². The van der Waals surface area contributed by atoms with E-state index in [1.807, 2.05) is 38.1 Å². The van der Waals surface area contributed by atoms with Gasteiger partial charge in [0.25, 0.3) is 0 Å². The van der Waals surface area contributed by atoms with Gasteiger partial charge in [0.1, 0.15) is 6.61 Å². The van der Waals surface area contributed by atoms with E-state index < -0.39 is 6.09 Å². The predicted octanol–water partition coefficient (Wildman–Crippen LogP) is 3.54. The van der Waals surface area contributed by atoms with Gasteiger partial charge in [-0.1, -0.05) is 62.4 Å². The summed E-state index contributed by atoms with van der Waals surface area (Å²) in [6.45, 7) is 4.09. The molecule has 2 aromatic carbocycles. The molecule has 1 aliphatic carbocycles. The van der Waals surface area contributed by atoms with Gasteiger partial charge in [0.2, 0.25) is 0 Å². The first-order valence-corrected chi connectivity index (χ1v) is 8.34. The third kappa shape index (κ3) is 3.15. The van der Waals surface area contributed by atoms with Crippen molar-refractivity contribution in [2.45, 2.75) is 25.8 Å². The van der Waals surface area contributed by atoms with Crippen LogP contribution in [0, 0.1) is 5.92 Å². The minimum atomic E-state index is -0.482. The van der Waals surface area contributed by atoms with Crippen LogP contribution >= 0.6 is 0 Å². The van der Waals surface area contributed by atoms with Gasteiger partial charge in [-0.25, -0.2) is 4.79 Å². The van der Waals surface area contributed by atoms with Crippen molar-refractivity contribution in [1.82, 2.24) is 5.32 Å². The predicted molar refractivity (Wildman–Crippen MR) is 93.9 cm³/mol. The molecule has 0 heterocycles. The van der Waals surface area contributed by atoms with E-state index in [9.17, 15) is 9.90 Å². The normalized spacial score (nSPS) is 14.2. The lowest BCUT2D eigenvalue weighted by Crippen LogP contribution is -2.41. The largest absolute Gasteiger partial charge is 0.449 e. The van der Waals surface area contributed by atoms with Crippen molar-refractivity contribution in [3.05, 3.63) is 59.7 Å². The number of alkyl carbamates (subject to hydrolysis) is 1. The number of hydrogen-bond donors (Lipinski definition) is 2. The van der Waals surface area contributed by atoms with Gasteiger partial charge in [0, 0.05) is 5.92 Å². The van der Waals surface area contributed by atoms with E-state index in [-0.39, 0.29) is 31.1 Å². The van der Waals surface area contributed by atoms with E-state index in [1.54, 1.807) is 0 Å². The van der Waals surface area contributed by atoms with E-state index >= 15 is 0 Å². The number of amides is 1. The third-order valence-electron chi connectivity index (χ3n) is 4.65. The fraction of sp³-hybridized carbons (Fsp3) is 0.350. The molecular weight excluding hydrogens is 302 g/mol. The Morgan fingerprint density at radius 2 is 1.62 bits per heavy atom. The summed E-state index contributed by atoms with van der Waals surface area (Å²) in [7, 11) is 0. The molecule has 0 aliphatic heterocycles. The Balaban J connectivity index is 1.73. The molecule has 3 rings (SSSR count). The summed E-state index contributed by atoms with van der Waals surface area (Å²) in [5.74, 6) is 0.199. The number of aliphatic hydroxyl groups is 1. The van der Waals surface area contributed by atoms with E-state index in [0.717, 1.165) is 0 Å². The molecule has 1 amide bonds. The topological polar surface area (TPSA) is 58.6 Å². The lowest BCUT2D eigenvalue weighted by molar-refractivity contribution is 0.126. The van der Waals surface area contributed by atoms with Gasteiger partial charge in [-0.15, -0.1) is 0 Å². The molecule has 0 bridgehead atoms. The van der Waals surface area contributed by atoms with Crippen molar-refractivity contribution in [2.75, 3.05) is 13.2 Å². The number of fused-ring (bicyclic) bond motifs is 3. The standard InChI is InChI=1S/C20H23NO3/c1-13(2)19(11-22)21-20(23)24-12-18-16-9-5-3-7-14(16)15-8-4-6-10-17(15)18/h3-10,13,18-19,22H,11-12H2,1-2H3,(H,21,23)/t19-/m1/s1. The molecule has 2 aromatic rings. The molecule has 1 atom stereocenters. The second kappa shape index (κ2) is 7.05. The number of carbonyl (C=O) groups excluding carboxylic acids is 1. The zero-order chi connectivity index (χ0) is 17.1. The first-order chi connectivity index (χ1) is 11.6. The Hall–Kier alpha value is -2.33. The van der Waals surface area contributed by atoms with Crippen molar-refractivity contribution in [3.63, 3.8) is 0 Å². The van der Waals surface area contributed by atoms with E-state index in [4.69, 9.17) is 4.74 Å². The zero-order valence-electron chi connectivity index (χ0n) is 14.0. The lowest BCUT2D eigenvalue weighted by atomic mass is 9.98. The van der Waals surface area contributed by atoms with Gasteiger partial charge in [-0.3, -0.25) is 0 Å². The van der Waals surface area contributed by atoms with Crippen LogP contribution in [0.15, 0.2) is 48.5 Å². The maximum atomic E-state index is 12.1. The summed E-state index contributed by atoms with van der Waals surface area (Å²) in [5, 5.41) is 12.0. The fourth-order valence-electron chi connectivity index (χ4n) is 3.21. The van der Waals surface area contributed by atoms with Crippen LogP contribution in [0.5, 0.6) is 0 Å². The Bertz CT molecular complexity index is 681. The summed E-state index contributed by atoms with van der Waals surface area (Å²) < 4.78 is 5.46. The summed E-state index contributed by atoms with van der Waals surface area (Å²) in [4.78, 5) is 12.1. The van der Waals surface area contributed by atoms with Crippen LogP contribution in [0.2, 0.25) is 0 Å². The minimum Gasteiger partial charge on any atom is -0.449 e. The highest BCUT2D eigenvalue weighted by atomic mass is 16.5. The zero-order valence-corrected chi connectivity index (χ0v) is 14.0. The first-order valence-electron chi connectivity index (χ1n) is 8.34. The van der Waals surface area contributed by atoms with Crippen LogP contribution in [-0.2, 0) is 4.74 Å². The SMILES string of the molecule is CC(C)[C@@H](CO)NC(=O)OCC1c2ccccc2-c2ccccc21. The molecule has 24 heavy (non-hydrogen) atoms. The number of ether oxygens (including phenoxy) is 1. The molecule has 0 saturated carbocycles. The lowest BCUT2D eigenvalue weighted by Gasteiger charge is -2.20. The van der Waals surface area contributed by atoms with Crippen LogP contribution in [0.4, 0.5) is 4.79 Å². The maximum Gasteiger partial charge on any atom is 0.407 e. The molecule has 4 heteroatoms. The monoisotopic (exact) mass is 325 g/mol. The smallest absolute Gasteiger partial charge is 0.407 e. The van der Waals surface area contributed by atoms with Crippen LogP contribution in [0.25, 0.3) is 11.1 Å². The van der Waals surface area contributed by atoms with Crippen molar-refractivity contribution in [1.29, 1.82) is 0 Å².